The van der Waals surface area contributed by atoms with Crippen LogP contribution in [0.5, 0.6) is 11.5 Å². The molecule has 20 heavy (non-hydrogen) atoms. The van der Waals surface area contributed by atoms with Crippen LogP contribution in [0.4, 0.5) is 0 Å². The molecule has 2 N–H and O–H groups in total. The summed E-state index contributed by atoms with van der Waals surface area (Å²) in [5, 5.41) is 0. The number of ether oxygens (including phenoxy) is 3. The molecule has 0 heterocycles. The molecule has 1 rings (SSSR count). The Hall–Kier alpha value is -1.30. The molecule has 0 saturated carbocycles. The van der Waals surface area contributed by atoms with Crippen LogP contribution in [0.1, 0.15) is 6.92 Å². The van der Waals surface area contributed by atoms with E-state index in [0.717, 1.165) is 24.6 Å². The number of likely N-dealkylation sites (N-methyl/N-ethyl adjacent to an activating group) is 1. The van der Waals surface area contributed by atoms with E-state index < -0.39 is 0 Å². The van der Waals surface area contributed by atoms with Crippen molar-refractivity contribution in [3.05, 3.63) is 24.3 Å². The van der Waals surface area contributed by atoms with Gasteiger partial charge in [-0.15, -0.1) is 0 Å². The van der Waals surface area contributed by atoms with E-state index in [2.05, 4.69) is 4.90 Å². The van der Waals surface area contributed by atoms with Crippen LogP contribution in [0.15, 0.2) is 24.3 Å². The average molecular weight is 282 g/mol. The third-order valence-corrected chi connectivity index (χ3v) is 2.81. The van der Waals surface area contributed by atoms with Crippen molar-refractivity contribution in [3.63, 3.8) is 0 Å². The van der Waals surface area contributed by atoms with Gasteiger partial charge in [-0.25, -0.2) is 0 Å². The molecule has 0 radical (unpaired) electrons. The van der Waals surface area contributed by atoms with E-state index in [4.69, 9.17) is 19.9 Å². The fraction of sp³-hybridized carbons (Fsp3) is 0.600. The zero-order valence-electron chi connectivity index (χ0n) is 12.7. The van der Waals surface area contributed by atoms with Crippen LogP contribution in [-0.4, -0.2) is 58.0 Å². The van der Waals surface area contributed by atoms with Crippen molar-refractivity contribution in [2.45, 2.75) is 13.0 Å². The first-order chi connectivity index (χ1) is 9.67. The first-order valence-corrected chi connectivity index (χ1v) is 6.95. The maximum Gasteiger partial charge on any atom is 0.161 e. The molecule has 0 fully saturated rings. The molecule has 5 heteroatoms. The number of benzene rings is 1. The third kappa shape index (κ3) is 6.23. The minimum atomic E-state index is 0.0284. The number of para-hydroxylation sites is 2. The van der Waals surface area contributed by atoms with Gasteiger partial charge in [-0.2, -0.15) is 0 Å². The normalized spacial score (nSPS) is 12.4. The molecule has 0 aliphatic heterocycles. The van der Waals surface area contributed by atoms with E-state index in [0.29, 0.717) is 19.8 Å². The van der Waals surface area contributed by atoms with E-state index in [1.165, 1.54) is 0 Å². The van der Waals surface area contributed by atoms with Gasteiger partial charge in [0.2, 0.25) is 0 Å². The summed E-state index contributed by atoms with van der Waals surface area (Å²) in [6.45, 7) is 5.34. The Morgan fingerprint density at radius 2 is 1.85 bits per heavy atom. The SMILES string of the molecule is CCOc1ccccc1OCCN(C)CC(N)COC. The monoisotopic (exact) mass is 282 g/mol. The maximum absolute atomic E-state index is 5.90. The first-order valence-electron chi connectivity index (χ1n) is 6.95. The molecule has 0 spiro atoms. The minimum absolute atomic E-state index is 0.0284. The highest BCUT2D eigenvalue weighted by Gasteiger charge is 2.07. The van der Waals surface area contributed by atoms with E-state index in [9.17, 15) is 0 Å². The molecule has 1 aromatic carbocycles. The number of hydrogen-bond donors (Lipinski definition) is 1. The van der Waals surface area contributed by atoms with Crippen LogP contribution in [0.3, 0.4) is 0 Å². The van der Waals surface area contributed by atoms with Crippen molar-refractivity contribution in [2.75, 3.05) is 47.1 Å². The van der Waals surface area contributed by atoms with Crippen LogP contribution >= 0.6 is 0 Å². The van der Waals surface area contributed by atoms with Crippen molar-refractivity contribution in [2.24, 2.45) is 5.73 Å². The Morgan fingerprint density at radius 3 is 2.45 bits per heavy atom. The molecule has 0 bridgehead atoms. The van der Waals surface area contributed by atoms with Gasteiger partial charge in [-0.1, -0.05) is 12.1 Å². The third-order valence-electron chi connectivity index (χ3n) is 2.81. The molecular formula is C15H26N2O3. The van der Waals surface area contributed by atoms with E-state index in [1.807, 2.05) is 38.2 Å². The lowest BCUT2D eigenvalue weighted by molar-refractivity contribution is 0.154. The van der Waals surface area contributed by atoms with Gasteiger partial charge < -0.3 is 24.8 Å². The molecule has 0 saturated heterocycles. The van der Waals surface area contributed by atoms with E-state index in [1.54, 1.807) is 7.11 Å². The Morgan fingerprint density at radius 1 is 1.20 bits per heavy atom. The second-order valence-electron chi connectivity index (χ2n) is 4.71. The Labute approximate surface area is 121 Å². The zero-order valence-corrected chi connectivity index (χ0v) is 12.7. The standard InChI is InChI=1S/C15H26N2O3/c1-4-19-14-7-5-6-8-15(14)20-10-9-17(2)11-13(16)12-18-3/h5-8,13H,4,9-12,16H2,1-3H3. The second kappa shape index (κ2) is 9.58. The highest BCUT2D eigenvalue weighted by Crippen LogP contribution is 2.26. The van der Waals surface area contributed by atoms with E-state index in [-0.39, 0.29) is 6.04 Å². The van der Waals surface area contributed by atoms with Gasteiger partial charge in [0.15, 0.2) is 11.5 Å². The molecule has 0 amide bonds. The van der Waals surface area contributed by atoms with Crippen molar-refractivity contribution in [1.29, 1.82) is 0 Å². The Balaban J connectivity index is 2.33. The van der Waals surface area contributed by atoms with E-state index >= 15 is 0 Å². The summed E-state index contributed by atoms with van der Waals surface area (Å²) >= 11 is 0. The smallest absolute Gasteiger partial charge is 0.161 e. The van der Waals surface area contributed by atoms with Crippen LogP contribution < -0.4 is 15.2 Å². The summed E-state index contributed by atoms with van der Waals surface area (Å²) in [5.41, 5.74) is 5.90. The quantitative estimate of drug-likeness (QED) is 0.702. The molecule has 1 unspecified atom stereocenters. The van der Waals surface area contributed by atoms with Gasteiger partial charge in [-0.05, 0) is 26.1 Å². The topological polar surface area (TPSA) is 57.0 Å². The van der Waals surface area contributed by atoms with Gasteiger partial charge in [0.1, 0.15) is 6.61 Å². The van der Waals surface area contributed by atoms with Gasteiger partial charge in [0.25, 0.3) is 0 Å². The largest absolute Gasteiger partial charge is 0.490 e. The summed E-state index contributed by atoms with van der Waals surface area (Å²) < 4.78 is 16.3. The number of rotatable bonds is 10. The zero-order chi connectivity index (χ0) is 14.8. The number of methoxy groups -OCH3 is 1. The molecule has 0 aromatic heterocycles. The molecule has 1 atom stereocenters. The summed E-state index contributed by atoms with van der Waals surface area (Å²) in [4.78, 5) is 2.13. The van der Waals surface area contributed by atoms with Gasteiger partial charge >= 0.3 is 0 Å². The average Bonchev–Trinajstić information content (AvgIpc) is 2.41. The minimum Gasteiger partial charge on any atom is -0.490 e. The van der Waals surface area contributed by atoms with Crippen molar-refractivity contribution in [1.82, 2.24) is 4.90 Å². The fourth-order valence-corrected chi connectivity index (χ4v) is 1.91. The van der Waals surface area contributed by atoms with Crippen LogP contribution in [-0.2, 0) is 4.74 Å². The molecule has 0 aliphatic carbocycles. The predicted molar refractivity (Wildman–Crippen MR) is 80.5 cm³/mol. The highest BCUT2D eigenvalue weighted by atomic mass is 16.5. The molecule has 1 aromatic rings. The predicted octanol–water partition coefficient (Wildman–Crippen LogP) is 1.37. The maximum atomic E-state index is 5.90. The Kier molecular flexibility index (Phi) is 8.02. The first kappa shape index (κ1) is 16.8. The number of nitrogens with two attached hydrogens (primary N) is 1. The summed E-state index contributed by atoms with van der Waals surface area (Å²) in [7, 11) is 3.68. The summed E-state index contributed by atoms with van der Waals surface area (Å²) in [6.07, 6.45) is 0. The molecule has 114 valence electrons. The van der Waals surface area contributed by atoms with Crippen LogP contribution in [0.25, 0.3) is 0 Å². The molecule has 5 nitrogen and oxygen atoms in total. The van der Waals surface area contributed by atoms with Crippen LogP contribution in [0.2, 0.25) is 0 Å². The lowest BCUT2D eigenvalue weighted by atomic mass is 10.3. The van der Waals surface area contributed by atoms with Gasteiger partial charge in [0, 0.05) is 26.2 Å². The number of nitrogens with zero attached hydrogens (tertiary/aromatic N) is 1. The lowest BCUT2D eigenvalue weighted by Gasteiger charge is -2.21. The molecular weight excluding hydrogens is 256 g/mol. The highest BCUT2D eigenvalue weighted by molar-refractivity contribution is 5.39. The van der Waals surface area contributed by atoms with Gasteiger partial charge in [-0.3, -0.25) is 0 Å². The van der Waals surface area contributed by atoms with Crippen molar-refractivity contribution >= 4 is 0 Å². The number of hydrogen-bond acceptors (Lipinski definition) is 5. The van der Waals surface area contributed by atoms with Crippen LogP contribution in [0, 0.1) is 0 Å². The van der Waals surface area contributed by atoms with Crippen molar-refractivity contribution < 1.29 is 14.2 Å². The lowest BCUT2D eigenvalue weighted by Crippen LogP contribution is -2.39. The van der Waals surface area contributed by atoms with Gasteiger partial charge in [0.05, 0.1) is 13.2 Å². The fourth-order valence-electron chi connectivity index (χ4n) is 1.91. The summed E-state index contributed by atoms with van der Waals surface area (Å²) in [6, 6.07) is 7.74. The molecule has 0 aliphatic rings. The summed E-state index contributed by atoms with van der Waals surface area (Å²) in [5.74, 6) is 1.57. The Bertz CT molecular complexity index is 374. The van der Waals surface area contributed by atoms with Crippen molar-refractivity contribution in [3.8, 4) is 11.5 Å². The second-order valence-corrected chi connectivity index (χ2v) is 4.71.